The zero-order valence-electron chi connectivity index (χ0n) is 15.1. The Morgan fingerprint density at radius 3 is 2.48 bits per heavy atom. The van der Waals surface area contributed by atoms with Crippen molar-refractivity contribution in [3.05, 3.63) is 59.9 Å². The molecule has 4 aromatic rings. The fraction of sp³-hybridized carbons (Fsp3) is 0.227. The lowest BCUT2D eigenvalue weighted by Gasteiger charge is -2.11. The zero-order valence-corrected chi connectivity index (χ0v) is 15.1. The van der Waals surface area contributed by atoms with Crippen molar-refractivity contribution in [1.82, 2.24) is 9.55 Å². The van der Waals surface area contributed by atoms with Gasteiger partial charge in [-0.1, -0.05) is 31.2 Å². The van der Waals surface area contributed by atoms with Crippen molar-refractivity contribution in [1.29, 1.82) is 0 Å². The van der Waals surface area contributed by atoms with Gasteiger partial charge in [0, 0.05) is 35.6 Å². The molecule has 2 aromatic heterocycles. The SMILES string of the molecule is CCc1ccc(-c2cc3c4ccnc(C)c4n(C)c3cc2OC)cc1. The number of fused-ring (bicyclic) bond motifs is 3. The summed E-state index contributed by atoms with van der Waals surface area (Å²) in [7, 11) is 3.83. The van der Waals surface area contributed by atoms with Gasteiger partial charge in [0.1, 0.15) is 5.75 Å². The minimum atomic E-state index is 0.897. The highest BCUT2D eigenvalue weighted by Gasteiger charge is 2.15. The number of aryl methyl sites for hydroxylation is 3. The highest BCUT2D eigenvalue weighted by molar-refractivity contribution is 6.10. The second-order valence-electron chi connectivity index (χ2n) is 6.47. The number of pyridine rings is 1. The molecule has 0 bridgehead atoms. The van der Waals surface area contributed by atoms with Gasteiger partial charge in [-0.3, -0.25) is 4.98 Å². The van der Waals surface area contributed by atoms with Crippen LogP contribution in [-0.4, -0.2) is 16.7 Å². The molecule has 4 rings (SSSR count). The van der Waals surface area contributed by atoms with E-state index in [1.807, 2.05) is 6.20 Å². The van der Waals surface area contributed by atoms with Crippen LogP contribution in [0.25, 0.3) is 32.9 Å². The predicted octanol–water partition coefficient (Wildman–Crippen LogP) is 5.27. The van der Waals surface area contributed by atoms with Gasteiger partial charge in [-0.05, 0) is 36.6 Å². The number of benzene rings is 2. The molecule has 3 heteroatoms. The first-order chi connectivity index (χ1) is 12.1. The van der Waals surface area contributed by atoms with Crippen molar-refractivity contribution in [3.8, 4) is 16.9 Å². The fourth-order valence-corrected chi connectivity index (χ4v) is 3.70. The molecule has 126 valence electrons. The van der Waals surface area contributed by atoms with Crippen LogP contribution in [0.2, 0.25) is 0 Å². The molecule has 0 aliphatic carbocycles. The quantitative estimate of drug-likeness (QED) is 0.511. The molecule has 0 unspecified atom stereocenters. The molecule has 0 N–H and O–H groups in total. The number of aromatic nitrogens is 2. The molecule has 0 aliphatic rings. The summed E-state index contributed by atoms with van der Waals surface area (Å²) < 4.78 is 7.92. The summed E-state index contributed by atoms with van der Waals surface area (Å²) in [5, 5.41) is 2.47. The molecule has 25 heavy (non-hydrogen) atoms. The molecule has 0 amide bonds. The van der Waals surface area contributed by atoms with E-state index >= 15 is 0 Å². The maximum Gasteiger partial charge on any atom is 0.128 e. The Bertz CT molecular complexity index is 1080. The number of rotatable bonds is 3. The number of hydrogen-bond acceptors (Lipinski definition) is 2. The number of nitrogens with zero attached hydrogens (tertiary/aromatic N) is 2. The van der Waals surface area contributed by atoms with Crippen LogP contribution in [0.15, 0.2) is 48.7 Å². The second-order valence-corrected chi connectivity index (χ2v) is 6.47. The summed E-state index contributed by atoms with van der Waals surface area (Å²) in [6, 6.07) is 15.2. The first-order valence-electron chi connectivity index (χ1n) is 8.65. The minimum Gasteiger partial charge on any atom is -0.496 e. The first kappa shape index (κ1) is 15.7. The summed E-state index contributed by atoms with van der Waals surface area (Å²) in [6.45, 7) is 4.23. The molecule has 0 radical (unpaired) electrons. The van der Waals surface area contributed by atoms with Gasteiger partial charge in [0.2, 0.25) is 0 Å². The first-order valence-corrected chi connectivity index (χ1v) is 8.65. The van der Waals surface area contributed by atoms with Gasteiger partial charge >= 0.3 is 0 Å². The largest absolute Gasteiger partial charge is 0.496 e. The van der Waals surface area contributed by atoms with Crippen LogP contribution in [0, 0.1) is 6.92 Å². The maximum atomic E-state index is 5.72. The van der Waals surface area contributed by atoms with Crippen LogP contribution in [0.5, 0.6) is 5.75 Å². The molecule has 0 saturated carbocycles. The molecular weight excluding hydrogens is 308 g/mol. The highest BCUT2D eigenvalue weighted by Crippen LogP contribution is 2.38. The average Bonchev–Trinajstić information content (AvgIpc) is 2.94. The third kappa shape index (κ3) is 2.39. The Labute approximate surface area is 147 Å². The molecule has 0 aliphatic heterocycles. The smallest absolute Gasteiger partial charge is 0.128 e. The van der Waals surface area contributed by atoms with Crippen LogP contribution in [0.4, 0.5) is 0 Å². The van der Waals surface area contributed by atoms with E-state index in [0.29, 0.717) is 0 Å². The lowest BCUT2D eigenvalue weighted by molar-refractivity contribution is 0.417. The molecule has 3 nitrogen and oxygen atoms in total. The van der Waals surface area contributed by atoms with Gasteiger partial charge in [-0.2, -0.15) is 0 Å². The van der Waals surface area contributed by atoms with Crippen molar-refractivity contribution < 1.29 is 4.74 Å². The maximum absolute atomic E-state index is 5.72. The van der Waals surface area contributed by atoms with E-state index in [4.69, 9.17) is 4.74 Å². The monoisotopic (exact) mass is 330 g/mol. The van der Waals surface area contributed by atoms with Crippen LogP contribution >= 0.6 is 0 Å². The highest BCUT2D eigenvalue weighted by atomic mass is 16.5. The third-order valence-electron chi connectivity index (χ3n) is 5.09. The van der Waals surface area contributed by atoms with E-state index in [1.165, 1.54) is 27.4 Å². The fourth-order valence-electron chi connectivity index (χ4n) is 3.70. The second kappa shape index (κ2) is 5.92. The topological polar surface area (TPSA) is 27.1 Å². The number of hydrogen-bond donors (Lipinski definition) is 0. The predicted molar refractivity (Wildman–Crippen MR) is 104 cm³/mol. The van der Waals surface area contributed by atoms with E-state index in [1.54, 1.807) is 7.11 Å². The lowest BCUT2D eigenvalue weighted by atomic mass is 10.00. The Morgan fingerprint density at radius 2 is 1.80 bits per heavy atom. The summed E-state index contributed by atoms with van der Waals surface area (Å²) >= 11 is 0. The molecule has 0 atom stereocenters. The van der Waals surface area contributed by atoms with E-state index in [2.05, 4.69) is 72.9 Å². The normalized spacial score (nSPS) is 11.4. The molecule has 0 spiro atoms. The van der Waals surface area contributed by atoms with Gasteiger partial charge in [0.05, 0.1) is 23.8 Å². The van der Waals surface area contributed by atoms with Crippen molar-refractivity contribution in [2.45, 2.75) is 20.3 Å². The van der Waals surface area contributed by atoms with Crippen molar-refractivity contribution >= 4 is 21.8 Å². The Kier molecular flexibility index (Phi) is 3.72. The Morgan fingerprint density at radius 1 is 1.04 bits per heavy atom. The number of ether oxygens (including phenoxy) is 1. The lowest BCUT2D eigenvalue weighted by Crippen LogP contribution is -1.93. The van der Waals surface area contributed by atoms with Gasteiger partial charge in [0.15, 0.2) is 0 Å². The zero-order chi connectivity index (χ0) is 17.6. The van der Waals surface area contributed by atoms with Gasteiger partial charge in [-0.25, -0.2) is 0 Å². The van der Waals surface area contributed by atoms with Crippen LogP contribution in [-0.2, 0) is 13.5 Å². The molecule has 0 saturated heterocycles. The standard InChI is InChI=1S/C22H22N2O/c1-5-15-6-8-16(9-7-15)18-12-19-17-10-11-23-14(2)22(17)24(3)20(19)13-21(18)25-4/h6-13H,5H2,1-4H3. The van der Waals surface area contributed by atoms with Crippen molar-refractivity contribution in [3.63, 3.8) is 0 Å². The Hall–Kier alpha value is -2.81. The summed E-state index contributed by atoms with van der Waals surface area (Å²) in [6.07, 6.45) is 2.93. The molecular formula is C22H22N2O. The molecule has 2 heterocycles. The van der Waals surface area contributed by atoms with E-state index < -0.39 is 0 Å². The summed E-state index contributed by atoms with van der Waals surface area (Å²) in [5.41, 5.74) is 7.04. The van der Waals surface area contributed by atoms with Crippen LogP contribution in [0.3, 0.4) is 0 Å². The summed E-state index contributed by atoms with van der Waals surface area (Å²) in [4.78, 5) is 4.45. The Balaban J connectivity index is 2.04. The molecule has 2 aromatic carbocycles. The molecule has 0 fully saturated rings. The van der Waals surface area contributed by atoms with E-state index in [9.17, 15) is 0 Å². The summed E-state index contributed by atoms with van der Waals surface area (Å²) in [5.74, 6) is 0.897. The van der Waals surface area contributed by atoms with Crippen LogP contribution in [0.1, 0.15) is 18.2 Å². The van der Waals surface area contributed by atoms with Gasteiger partial charge in [-0.15, -0.1) is 0 Å². The van der Waals surface area contributed by atoms with Crippen LogP contribution < -0.4 is 4.74 Å². The van der Waals surface area contributed by atoms with Gasteiger partial charge < -0.3 is 9.30 Å². The van der Waals surface area contributed by atoms with Gasteiger partial charge in [0.25, 0.3) is 0 Å². The number of methoxy groups -OCH3 is 1. The van der Waals surface area contributed by atoms with Crippen molar-refractivity contribution in [2.24, 2.45) is 7.05 Å². The van der Waals surface area contributed by atoms with E-state index in [-0.39, 0.29) is 0 Å². The third-order valence-corrected chi connectivity index (χ3v) is 5.09. The van der Waals surface area contributed by atoms with Crippen molar-refractivity contribution in [2.75, 3.05) is 7.11 Å². The minimum absolute atomic E-state index is 0.897. The average molecular weight is 330 g/mol. The van der Waals surface area contributed by atoms with E-state index in [0.717, 1.165) is 28.9 Å².